The number of nitrogens with zero attached hydrogens (tertiary/aromatic N) is 2. The van der Waals surface area contributed by atoms with Crippen LogP contribution in [0.2, 0.25) is 0 Å². The molecule has 0 bridgehead atoms. The SMILES string of the molecule is NC(=O)CN1CCC[C@H](C(=O)N2CC(Oc3ccc(C(=O)O)cc3)C2)C1. The summed E-state index contributed by atoms with van der Waals surface area (Å²) in [6.07, 6.45) is 1.63. The van der Waals surface area contributed by atoms with Crippen molar-refractivity contribution in [3.8, 4) is 5.75 Å². The van der Waals surface area contributed by atoms with Crippen LogP contribution in [0.5, 0.6) is 5.75 Å². The highest BCUT2D eigenvalue weighted by Gasteiger charge is 2.37. The topological polar surface area (TPSA) is 113 Å². The maximum atomic E-state index is 12.6. The van der Waals surface area contributed by atoms with E-state index in [0.717, 1.165) is 19.4 Å². The number of rotatable bonds is 6. The van der Waals surface area contributed by atoms with Gasteiger partial charge in [0.05, 0.1) is 31.1 Å². The Morgan fingerprint density at radius 1 is 1.15 bits per heavy atom. The van der Waals surface area contributed by atoms with Gasteiger partial charge in [0.25, 0.3) is 0 Å². The summed E-state index contributed by atoms with van der Waals surface area (Å²) in [5.41, 5.74) is 5.44. The molecular formula is C18H23N3O5. The summed E-state index contributed by atoms with van der Waals surface area (Å²) in [5.74, 6) is -0.754. The van der Waals surface area contributed by atoms with Gasteiger partial charge >= 0.3 is 5.97 Å². The van der Waals surface area contributed by atoms with Crippen molar-refractivity contribution in [2.45, 2.75) is 18.9 Å². The number of carboxylic acid groups (broad SMARTS) is 1. The molecule has 1 aromatic rings. The molecule has 0 aliphatic carbocycles. The van der Waals surface area contributed by atoms with E-state index in [9.17, 15) is 14.4 Å². The van der Waals surface area contributed by atoms with Crippen LogP contribution in [0.3, 0.4) is 0 Å². The second-order valence-electron chi connectivity index (χ2n) is 6.85. The van der Waals surface area contributed by atoms with Gasteiger partial charge in [-0.2, -0.15) is 0 Å². The number of primary amides is 1. The highest BCUT2D eigenvalue weighted by molar-refractivity contribution is 5.87. The van der Waals surface area contributed by atoms with Crippen LogP contribution in [0.4, 0.5) is 0 Å². The molecule has 0 unspecified atom stereocenters. The lowest BCUT2D eigenvalue weighted by Gasteiger charge is -2.42. The molecule has 8 heteroatoms. The van der Waals surface area contributed by atoms with Crippen molar-refractivity contribution in [3.05, 3.63) is 29.8 Å². The third kappa shape index (κ3) is 4.32. The van der Waals surface area contributed by atoms with E-state index < -0.39 is 5.97 Å². The number of ether oxygens (including phenoxy) is 1. The molecule has 1 atom stereocenters. The Hall–Kier alpha value is -2.61. The average molecular weight is 361 g/mol. The van der Waals surface area contributed by atoms with Crippen LogP contribution in [-0.4, -0.2) is 71.5 Å². The lowest BCUT2D eigenvalue weighted by molar-refractivity contribution is -0.146. The van der Waals surface area contributed by atoms with Crippen molar-refractivity contribution in [1.82, 2.24) is 9.80 Å². The zero-order valence-corrected chi connectivity index (χ0v) is 14.5. The van der Waals surface area contributed by atoms with Crippen LogP contribution in [0.25, 0.3) is 0 Å². The third-order valence-electron chi connectivity index (χ3n) is 4.80. The molecule has 8 nitrogen and oxygen atoms in total. The number of carboxylic acids is 1. The second-order valence-corrected chi connectivity index (χ2v) is 6.85. The smallest absolute Gasteiger partial charge is 0.335 e. The molecule has 2 amide bonds. The summed E-state index contributed by atoms with van der Waals surface area (Å²) in [4.78, 5) is 38.2. The summed E-state index contributed by atoms with van der Waals surface area (Å²) in [6, 6.07) is 6.23. The molecule has 2 saturated heterocycles. The van der Waals surface area contributed by atoms with Gasteiger partial charge < -0.3 is 20.5 Å². The van der Waals surface area contributed by atoms with Gasteiger partial charge in [-0.25, -0.2) is 4.79 Å². The van der Waals surface area contributed by atoms with Crippen molar-refractivity contribution in [2.75, 3.05) is 32.7 Å². The predicted octanol–water partition coefficient (Wildman–Crippen LogP) is 0.172. The summed E-state index contributed by atoms with van der Waals surface area (Å²) in [6.45, 7) is 2.60. The fourth-order valence-corrected chi connectivity index (χ4v) is 3.44. The average Bonchev–Trinajstić information content (AvgIpc) is 2.57. The fraction of sp³-hybridized carbons (Fsp3) is 0.500. The lowest BCUT2D eigenvalue weighted by atomic mass is 9.95. The van der Waals surface area contributed by atoms with Gasteiger partial charge in [-0.05, 0) is 43.7 Å². The summed E-state index contributed by atoms with van der Waals surface area (Å²) in [7, 11) is 0. The van der Waals surface area contributed by atoms with Gasteiger partial charge in [-0.1, -0.05) is 0 Å². The Morgan fingerprint density at radius 3 is 2.46 bits per heavy atom. The Morgan fingerprint density at radius 2 is 1.85 bits per heavy atom. The Kier molecular flexibility index (Phi) is 5.41. The number of aromatic carboxylic acids is 1. The van der Waals surface area contributed by atoms with Crippen molar-refractivity contribution in [3.63, 3.8) is 0 Å². The second kappa shape index (κ2) is 7.74. The molecule has 2 aliphatic rings. The number of likely N-dealkylation sites (tertiary alicyclic amines) is 2. The van der Waals surface area contributed by atoms with Gasteiger partial charge in [0.15, 0.2) is 0 Å². The van der Waals surface area contributed by atoms with Crippen LogP contribution in [0.15, 0.2) is 24.3 Å². The summed E-state index contributed by atoms with van der Waals surface area (Å²) in [5, 5.41) is 8.89. The van der Waals surface area contributed by atoms with Crippen LogP contribution in [-0.2, 0) is 9.59 Å². The van der Waals surface area contributed by atoms with E-state index in [2.05, 4.69) is 0 Å². The minimum absolute atomic E-state index is 0.0834. The lowest BCUT2D eigenvalue weighted by Crippen LogP contribution is -2.59. The highest BCUT2D eigenvalue weighted by Crippen LogP contribution is 2.24. The normalized spacial score (nSPS) is 21.1. The molecule has 26 heavy (non-hydrogen) atoms. The molecule has 3 N–H and O–H groups in total. The predicted molar refractivity (Wildman–Crippen MR) is 92.8 cm³/mol. The van der Waals surface area contributed by atoms with E-state index in [0.29, 0.717) is 25.4 Å². The minimum atomic E-state index is -0.977. The number of piperidine rings is 1. The zero-order chi connectivity index (χ0) is 18.7. The summed E-state index contributed by atoms with van der Waals surface area (Å²) < 4.78 is 5.77. The van der Waals surface area contributed by atoms with Gasteiger partial charge in [0, 0.05) is 6.54 Å². The van der Waals surface area contributed by atoms with Gasteiger partial charge in [0.1, 0.15) is 11.9 Å². The van der Waals surface area contributed by atoms with Gasteiger partial charge in [0.2, 0.25) is 11.8 Å². The van der Waals surface area contributed by atoms with E-state index in [1.54, 1.807) is 17.0 Å². The zero-order valence-electron chi connectivity index (χ0n) is 14.5. The van der Waals surface area contributed by atoms with E-state index >= 15 is 0 Å². The molecule has 3 rings (SSSR count). The first kappa shape index (κ1) is 18.2. The fourth-order valence-electron chi connectivity index (χ4n) is 3.44. The molecule has 0 radical (unpaired) electrons. The Labute approximate surface area is 151 Å². The third-order valence-corrected chi connectivity index (χ3v) is 4.80. The maximum Gasteiger partial charge on any atom is 0.335 e. The number of amides is 2. The minimum Gasteiger partial charge on any atom is -0.487 e. The number of hydrogen-bond acceptors (Lipinski definition) is 5. The quantitative estimate of drug-likeness (QED) is 0.747. The molecule has 0 saturated carbocycles. The molecule has 2 heterocycles. The number of hydrogen-bond donors (Lipinski definition) is 2. The number of nitrogens with two attached hydrogens (primary N) is 1. The standard InChI is InChI=1S/C18H23N3O5/c19-16(22)11-20-7-1-2-13(8-20)17(23)21-9-15(10-21)26-14-5-3-12(4-6-14)18(24)25/h3-6,13,15H,1-2,7-11H2,(H2,19,22)(H,24,25)/t13-/m0/s1. The van der Waals surface area contributed by atoms with Crippen LogP contribution >= 0.6 is 0 Å². The van der Waals surface area contributed by atoms with Crippen LogP contribution in [0.1, 0.15) is 23.2 Å². The Balaban J connectivity index is 1.46. The van der Waals surface area contributed by atoms with E-state index in [-0.39, 0.29) is 35.9 Å². The molecular weight excluding hydrogens is 338 g/mol. The molecule has 2 aliphatic heterocycles. The molecule has 1 aromatic carbocycles. The van der Waals surface area contributed by atoms with Gasteiger partial charge in [-0.3, -0.25) is 14.5 Å². The van der Waals surface area contributed by atoms with Crippen molar-refractivity contribution >= 4 is 17.8 Å². The van der Waals surface area contributed by atoms with Crippen molar-refractivity contribution in [2.24, 2.45) is 11.7 Å². The van der Waals surface area contributed by atoms with Crippen LogP contribution < -0.4 is 10.5 Å². The largest absolute Gasteiger partial charge is 0.487 e. The highest BCUT2D eigenvalue weighted by atomic mass is 16.5. The van der Waals surface area contributed by atoms with Crippen molar-refractivity contribution < 1.29 is 24.2 Å². The van der Waals surface area contributed by atoms with Crippen molar-refractivity contribution in [1.29, 1.82) is 0 Å². The molecule has 0 spiro atoms. The van der Waals surface area contributed by atoms with E-state index in [1.807, 2.05) is 4.90 Å². The number of carbonyl (C=O) groups is 3. The van der Waals surface area contributed by atoms with E-state index in [1.165, 1.54) is 12.1 Å². The molecule has 2 fully saturated rings. The monoisotopic (exact) mass is 361 g/mol. The number of carbonyl (C=O) groups excluding carboxylic acids is 2. The molecule has 140 valence electrons. The number of benzene rings is 1. The summed E-state index contributed by atoms with van der Waals surface area (Å²) >= 11 is 0. The van der Waals surface area contributed by atoms with Gasteiger partial charge in [-0.15, -0.1) is 0 Å². The first-order chi connectivity index (χ1) is 12.4. The molecule has 0 aromatic heterocycles. The Bertz CT molecular complexity index is 685. The first-order valence-corrected chi connectivity index (χ1v) is 8.72. The van der Waals surface area contributed by atoms with Crippen LogP contribution in [0, 0.1) is 5.92 Å². The first-order valence-electron chi connectivity index (χ1n) is 8.72. The van der Waals surface area contributed by atoms with E-state index in [4.69, 9.17) is 15.6 Å². The maximum absolute atomic E-state index is 12.6.